The highest BCUT2D eigenvalue weighted by atomic mass is 16.5. The number of hydrogen-bond acceptors (Lipinski definition) is 3. The zero-order valence-corrected chi connectivity index (χ0v) is 12.4. The molecular weight excluding hydrogens is 274 g/mol. The van der Waals surface area contributed by atoms with Gasteiger partial charge in [0.05, 0.1) is 12.8 Å². The fourth-order valence-corrected chi connectivity index (χ4v) is 2.18. The third-order valence-corrected chi connectivity index (χ3v) is 3.31. The van der Waals surface area contributed by atoms with E-state index < -0.39 is 0 Å². The zero-order valence-electron chi connectivity index (χ0n) is 12.4. The van der Waals surface area contributed by atoms with Crippen molar-refractivity contribution >= 4 is 0 Å². The van der Waals surface area contributed by atoms with Crippen molar-refractivity contribution in [3.8, 4) is 22.9 Å². The summed E-state index contributed by atoms with van der Waals surface area (Å²) in [6, 6.07) is 23.8. The van der Waals surface area contributed by atoms with E-state index >= 15 is 0 Å². The van der Waals surface area contributed by atoms with Crippen LogP contribution in [0.5, 0.6) is 11.6 Å². The molecule has 0 radical (unpaired) electrons. The molecule has 3 aromatic rings. The fourth-order valence-electron chi connectivity index (χ4n) is 2.18. The molecule has 3 nitrogen and oxygen atoms in total. The van der Waals surface area contributed by atoms with Crippen LogP contribution in [0.1, 0.15) is 5.56 Å². The molecule has 3 rings (SSSR count). The Morgan fingerprint density at radius 1 is 0.864 bits per heavy atom. The predicted octanol–water partition coefficient (Wildman–Crippen LogP) is 4.34. The first-order chi connectivity index (χ1) is 10.8. The summed E-state index contributed by atoms with van der Waals surface area (Å²) in [5, 5.41) is 0. The maximum Gasteiger partial charge on any atom is 0.213 e. The lowest BCUT2D eigenvalue weighted by Gasteiger charge is -2.08. The van der Waals surface area contributed by atoms with E-state index in [0.29, 0.717) is 12.5 Å². The van der Waals surface area contributed by atoms with Crippen LogP contribution in [0.2, 0.25) is 0 Å². The summed E-state index contributed by atoms with van der Waals surface area (Å²) in [4.78, 5) is 4.44. The number of hydrogen-bond donors (Lipinski definition) is 0. The first-order valence-corrected chi connectivity index (χ1v) is 7.13. The Balaban J connectivity index is 1.77. The summed E-state index contributed by atoms with van der Waals surface area (Å²) in [6.45, 7) is 0.551. The van der Waals surface area contributed by atoms with Crippen LogP contribution in [-0.2, 0) is 6.61 Å². The lowest BCUT2D eigenvalue weighted by Crippen LogP contribution is -1.95. The number of rotatable bonds is 5. The Hall–Kier alpha value is -2.81. The van der Waals surface area contributed by atoms with Crippen LogP contribution in [-0.4, -0.2) is 12.1 Å². The van der Waals surface area contributed by atoms with Crippen molar-refractivity contribution in [2.75, 3.05) is 7.11 Å². The van der Waals surface area contributed by atoms with Gasteiger partial charge in [-0.05, 0) is 23.8 Å². The van der Waals surface area contributed by atoms with Crippen LogP contribution in [0, 0.1) is 0 Å². The Labute approximate surface area is 130 Å². The van der Waals surface area contributed by atoms with Gasteiger partial charge in [-0.15, -0.1) is 0 Å². The highest BCUT2D eigenvalue weighted by Gasteiger charge is 2.03. The minimum atomic E-state index is 0.551. The highest BCUT2D eigenvalue weighted by Crippen LogP contribution is 2.24. The number of benzene rings is 2. The van der Waals surface area contributed by atoms with Gasteiger partial charge >= 0.3 is 0 Å². The van der Waals surface area contributed by atoms with Crippen LogP contribution in [0.4, 0.5) is 0 Å². The van der Waals surface area contributed by atoms with E-state index in [0.717, 1.165) is 22.6 Å². The minimum Gasteiger partial charge on any atom is -0.489 e. The molecule has 0 saturated heterocycles. The maximum atomic E-state index is 5.85. The van der Waals surface area contributed by atoms with E-state index in [4.69, 9.17) is 9.47 Å². The third-order valence-electron chi connectivity index (χ3n) is 3.31. The molecule has 0 bridgehead atoms. The number of nitrogens with zero attached hydrogens (tertiary/aromatic N) is 1. The van der Waals surface area contributed by atoms with Gasteiger partial charge in [0, 0.05) is 11.6 Å². The monoisotopic (exact) mass is 291 g/mol. The quantitative estimate of drug-likeness (QED) is 0.701. The van der Waals surface area contributed by atoms with E-state index in [2.05, 4.69) is 4.98 Å². The molecule has 0 spiro atoms. The van der Waals surface area contributed by atoms with Gasteiger partial charge in [-0.25, -0.2) is 4.98 Å². The molecule has 2 aromatic carbocycles. The minimum absolute atomic E-state index is 0.551. The van der Waals surface area contributed by atoms with E-state index in [1.165, 1.54) is 0 Å². The Morgan fingerprint density at radius 3 is 2.50 bits per heavy atom. The molecule has 110 valence electrons. The second kappa shape index (κ2) is 6.76. The SMILES string of the molecule is COc1cccc(-c2cccc(OCc3ccccc3)c2)n1. The lowest BCUT2D eigenvalue weighted by molar-refractivity contribution is 0.306. The van der Waals surface area contributed by atoms with E-state index in [9.17, 15) is 0 Å². The summed E-state index contributed by atoms with van der Waals surface area (Å²) in [5.74, 6) is 1.43. The molecular formula is C19H17NO2. The van der Waals surface area contributed by atoms with Crippen molar-refractivity contribution in [3.63, 3.8) is 0 Å². The van der Waals surface area contributed by atoms with Gasteiger partial charge in [0.2, 0.25) is 5.88 Å². The van der Waals surface area contributed by atoms with Crippen molar-refractivity contribution < 1.29 is 9.47 Å². The second-order valence-electron chi connectivity index (χ2n) is 4.87. The summed E-state index contributed by atoms with van der Waals surface area (Å²) in [5.41, 5.74) is 3.02. The summed E-state index contributed by atoms with van der Waals surface area (Å²) in [6.07, 6.45) is 0. The van der Waals surface area contributed by atoms with E-state index in [1.807, 2.05) is 72.8 Å². The molecule has 3 heteroatoms. The third kappa shape index (κ3) is 3.44. The van der Waals surface area contributed by atoms with Crippen molar-refractivity contribution in [2.45, 2.75) is 6.61 Å². The van der Waals surface area contributed by atoms with Gasteiger partial charge in [-0.3, -0.25) is 0 Å². The molecule has 0 saturated carbocycles. The molecule has 0 aliphatic carbocycles. The topological polar surface area (TPSA) is 31.4 Å². The molecule has 0 atom stereocenters. The largest absolute Gasteiger partial charge is 0.489 e. The van der Waals surface area contributed by atoms with Gasteiger partial charge in [0.15, 0.2) is 0 Å². The summed E-state index contributed by atoms with van der Waals surface area (Å²) in [7, 11) is 1.62. The number of aromatic nitrogens is 1. The van der Waals surface area contributed by atoms with Gasteiger partial charge in [-0.1, -0.05) is 48.5 Å². The molecule has 0 aliphatic rings. The molecule has 1 aromatic heterocycles. The Morgan fingerprint density at radius 2 is 1.68 bits per heavy atom. The normalized spacial score (nSPS) is 10.2. The molecule has 0 unspecified atom stereocenters. The molecule has 0 aliphatic heterocycles. The number of methoxy groups -OCH3 is 1. The van der Waals surface area contributed by atoms with Crippen LogP contribution in [0.15, 0.2) is 72.8 Å². The Kier molecular flexibility index (Phi) is 4.35. The molecule has 22 heavy (non-hydrogen) atoms. The van der Waals surface area contributed by atoms with Crippen molar-refractivity contribution in [1.29, 1.82) is 0 Å². The predicted molar refractivity (Wildman–Crippen MR) is 87.0 cm³/mol. The smallest absolute Gasteiger partial charge is 0.213 e. The Bertz CT molecular complexity index is 741. The van der Waals surface area contributed by atoms with Crippen LogP contribution in [0.3, 0.4) is 0 Å². The summed E-state index contributed by atoms with van der Waals surface area (Å²) >= 11 is 0. The standard InChI is InChI=1S/C19H17NO2/c1-21-19-12-6-11-18(20-19)16-9-5-10-17(13-16)22-14-15-7-3-2-4-8-15/h2-13H,14H2,1H3. The first-order valence-electron chi connectivity index (χ1n) is 7.13. The van der Waals surface area contributed by atoms with Crippen LogP contribution < -0.4 is 9.47 Å². The molecule has 1 heterocycles. The molecule has 0 fully saturated rings. The van der Waals surface area contributed by atoms with Gasteiger partial charge < -0.3 is 9.47 Å². The van der Waals surface area contributed by atoms with E-state index in [1.54, 1.807) is 7.11 Å². The second-order valence-corrected chi connectivity index (χ2v) is 4.87. The van der Waals surface area contributed by atoms with Crippen LogP contribution >= 0.6 is 0 Å². The average molecular weight is 291 g/mol. The van der Waals surface area contributed by atoms with E-state index in [-0.39, 0.29) is 0 Å². The van der Waals surface area contributed by atoms with Gasteiger partial charge in [0.25, 0.3) is 0 Å². The van der Waals surface area contributed by atoms with Crippen molar-refractivity contribution in [2.24, 2.45) is 0 Å². The summed E-state index contributed by atoms with van der Waals surface area (Å²) < 4.78 is 11.0. The molecule has 0 amide bonds. The number of pyridine rings is 1. The van der Waals surface area contributed by atoms with Crippen LogP contribution in [0.25, 0.3) is 11.3 Å². The van der Waals surface area contributed by atoms with Crippen molar-refractivity contribution in [3.05, 3.63) is 78.4 Å². The lowest BCUT2D eigenvalue weighted by atomic mass is 10.1. The average Bonchev–Trinajstić information content (AvgIpc) is 2.61. The van der Waals surface area contributed by atoms with Crippen molar-refractivity contribution in [1.82, 2.24) is 4.98 Å². The maximum absolute atomic E-state index is 5.85. The van der Waals surface area contributed by atoms with Gasteiger partial charge in [0.1, 0.15) is 12.4 Å². The zero-order chi connectivity index (χ0) is 15.2. The molecule has 0 N–H and O–H groups in total. The first kappa shape index (κ1) is 14.1. The number of ether oxygens (including phenoxy) is 2. The highest BCUT2D eigenvalue weighted by molar-refractivity contribution is 5.61. The fraction of sp³-hybridized carbons (Fsp3) is 0.105. The van der Waals surface area contributed by atoms with Gasteiger partial charge in [-0.2, -0.15) is 0 Å².